The van der Waals surface area contributed by atoms with Gasteiger partial charge in [-0.3, -0.25) is 14.4 Å². The second-order valence-corrected chi connectivity index (χ2v) is 8.10. The summed E-state index contributed by atoms with van der Waals surface area (Å²) in [6.07, 6.45) is 4.98. The van der Waals surface area contributed by atoms with Gasteiger partial charge in [-0.15, -0.1) is 0 Å². The summed E-state index contributed by atoms with van der Waals surface area (Å²) in [5.74, 6) is -2.99. The Morgan fingerprint density at radius 3 is 2.37 bits per heavy atom. The zero-order chi connectivity index (χ0) is 25.6. The smallest absolute Gasteiger partial charge is 0.326 e. The number of nitrogens with one attached hydrogen (secondary N) is 4. The molecule has 0 aliphatic carbocycles. The number of nitrogens with zero attached hydrogens (tertiary/aromatic N) is 1. The highest BCUT2D eigenvalue weighted by Crippen LogP contribution is 2.04. The first kappa shape index (κ1) is 27.5. The number of hydrogen-bond acceptors (Lipinski definition) is 7. The first-order valence-corrected chi connectivity index (χ1v) is 11.4. The molecule has 1 aromatic heterocycles. The van der Waals surface area contributed by atoms with Crippen LogP contribution >= 0.6 is 0 Å². The van der Waals surface area contributed by atoms with Crippen LogP contribution in [0.25, 0.3) is 0 Å². The maximum Gasteiger partial charge on any atom is 0.326 e. The zero-order valence-corrected chi connectivity index (χ0v) is 19.4. The summed E-state index contributed by atoms with van der Waals surface area (Å²) in [5.41, 5.74) is 12.7. The molecule has 3 amide bonds. The molecule has 35 heavy (non-hydrogen) atoms. The van der Waals surface area contributed by atoms with Crippen LogP contribution in [0.3, 0.4) is 0 Å². The number of aromatic amines is 1. The van der Waals surface area contributed by atoms with E-state index >= 15 is 0 Å². The average molecular weight is 488 g/mol. The molecule has 0 fully saturated rings. The van der Waals surface area contributed by atoms with E-state index in [-0.39, 0.29) is 12.8 Å². The maximum absolute atomic E-state index is 12.8. The number of carboxylic acids is 1. The molecule has 0 saturated heterocycles. The number of amides is 3. The Kier molecular flexibility index (Phi) is 11.4. The normalized spacial score (nSPS) is 13.3. The van der Waals surface area contributed by atoms with E-state index in [1.165, 1.54) is 12.5 Å². The van der Waals surface area contributed by atoms with Gasteiger partial charge < -0.3 is 37.5 Å². The highest BCUT2D eigenvalue weighted by molar-refractivity contribution is 5.92. The minimum absolute atomic E-state index is 0.0937. The minimum Gasteiger partial charge on any atom is -0.480 e. The van der Waals surface area contributed by atoms with E-state index in [9.17, 15) is 24.3 Å². The Bertz CT molecular complexity index is 952. The summed E-state index contributed by atoms with van der Waals surface area (Å²) in [4.78, 5) is 56.0. The number of aromatic nitrogens is 2. The first-order chi connectivity index (χ1) is 16.8. The van der Waals surface area contributed by atoms with Gasteiger partial charge in [-0.1, -0.05) is 36.8 Å². The van der Waals surface area contributed by atoms with Crippen LogP contribution in [-0.4, -0.2) is 70.0 Å². The zero-order valence-electron chi connectivity index (χ0n) is 19.4. The van der Waals surface area contributed by atoms with E-state index in [1.807, 2.05) is 0 Å². The molecule has 3 unspecified atom stereocenters. The lowest BCUT2D eigenvalue weighted by Crippen LogP contribution is -2.54. The number of unbranched alkanes of at least 4 members (excludes halogenated alkanes) is 1. The number of aliphatic carboxylic acids is 1. The highest BCUT2D eigenvalue weighted by atomic mass is 16.4. The summed E-state index contributed by atoms with van der Waals surface area (Å²) < 4.78 is 0. The van der Waals surface area contributed by atoms with Gasteiger partial charge in [-0.25, -0.2) is 9.78 Å². The summed E-state index contributed by atoms with van der Waals surface area (Å²) in [6, 6.07) is 5.88. The van der Waals surface area contributed by atoms with Gasteiger partial charge in [0.15, 0.2) is 0 Å². The molecule has 2 aromatic rings. The van der Waals surface area contributed by atoms with Crippen molar-refractivity contribution in [2.75, 3.05) is 13.1 Å². The Hall–Kier alpha value is -3.77. The van der Waals surface area contributed by atoms with Crippen LogP contribution in [0.2, 0.25) is 0 Å². The molecule has 1 aromatic carbocycles. The second kappa shape index (κ2) is 14.5. The number of benzene rings is 1. The van der Waals surface area contributed by atoms with Gasteiger partial charge in [0.2, 0.25) is 17.7 Å². The van der Waals surface area contributed by atoms with Crippen molar-refractivity contribution in [1.29, 1.82) is 0 Å². The number of carboxylic acid groups (broad SMARTS) is 1. The van der Waals surface area contributed by atoms with Gasteiger partial charge in [0.1, 0.15) is 12.1 Å². The standard InChI is InChI=1S/C23H33N7O5/c24-9-5-4-8-17(25)21(32)30-18(11-16-12-26-14-28-16)22(33)27-13-20(31)29-19(23(34)35)10-15-6-2-1-3-7-15/h1-3,6-7,12,14,17-19H,4-5,8-11,13,24-25H2,(H,26,28)(H,27,33)(H,29,31)(H,30,32)(H,34,35). The van der Waals surface area contributed by atoms with Crippen LogP contribution in [0.5, 0.6) is 0 Å². The van der Waals surface area contributed by atoms with Gasteiger partial charge in [-0.2, -0.15) is 0 Å². The first-order valence-electron chi connectivity index (χ1n) is 11.4. The quantitative estimate of drug-likeness (QED) is 0.152. The molecule has 12 heteroatoms. The molecule has 0 spiro atoms. The van der Waals surface area contributed by atoms with Crippen molar-refractivity contribution in [2.45, 2.75) is 50.2 Å². The van der Waals surface area contributed by atoms with Crippen molar-refractivity contribution in [3.05, 3.63) is 54.1 Å². The summed E-state index contributed by atoms with van der Waals surface area (Å²) >= 11 is 0. The van der Waals surface area contributed by atoms with Crippen LogP contribution in [0.15, 0.2) is 42.9 Å². The van der Waals surface area contributed by atoms with Crippen molar-refractivity contribution in [3.63, 3.8) is 0 Å². The minimum atomic E-state index is -1.19. The van der Waals surface area contributed by atoms with Crippen molar-refractivity contribution in [3.8, 4) is 0 Å². The van der Waals surface area contributed by atoms with Crippen LogP contribution < -0.4 is 27.4 Å². The topological polar surface area (TPSA) is 205 Å². The molecule has 2 rings (SSSR count). The molecular formula is C23H33N7O5. The van der Waals surface area contributed by atoms with Crippen molar-refractivity contribution >= 4 is 23.7 Å². The lowest BCUT2D eigenvalue weighted by molar-refractivity contribution is -0.141. The second-order valence-electron chi connectivity index (χ2n) is 8.10. The Morgan fingerprint density at radius 2 is 1.74 bits per heavy atom. The molecule has 0 radical (unpaired) electrons. The molecule has 1 heterocycles. The fourth-order valence-electron chi connectivity index (χ4n) is 3.33. The number of hydrogen-bond donors (Lipinski definition) is 7. The van der Waals surface area contributed by atoms with Gasteiger partial charge >= 0.3 is 5.97 Å². The van der Waals surface area contributed by atoms with E-state index in [0.29, 0.717) is 25.1 Å². The molecular weight excluding hydrogens is 454 g/mol. The fraction of sp³-hybridized carbons (Fsp3) is 0.435. The number of rotatable bonds is 15. The SMILES string of the molecule is NCCCCC(N)C(=O)NC(Cc1cnc[nH]1)C(=O)NCC(=O)NC(Cc1ccccc1)C(=O)O. The molecule has 0 bridgehead atoms. The predicted molar refractivity (Wildman–Crippen MR) is 128 cm³/mol. The number of carbonyl (C=O) groups excluding carboxylic acids is 3. The van der Waals surface area contributed by atoms with E-state index in [4.69, 9.17) is 11.5 Å². The third-order valence-electron chi connectivity index (χ3n) is 5.26. The third kappa shape index (κ3) is 9.94. The number of nitrogens with two attached hydrogens (primary N) is 2. The Morgan fingerprint density at radius 1 is 1.00 bits per heavy atom. The summed E-state index contributed by atoms with van der Waals surface area (Å²) in [6.45, 7) is 0.0324. The van der Waals surface area contributed by atoms with Gasteiger partial charge in [-0.05, 0) is 24.9 Å². The average Bonchev–Trinajstić information content (AvgIpc) is 3.35. The molecule has 190 valence electrons. The summed E-state index contributed by atoms with van der Waals surface area (Å²) in [5, 5.41) is 16.9. The molecule has 0 aliphatic rings. The maximum atomic E-state index is 12.8. The lowest BCUT2D eigenvalue weighted by Gasteiger charge is -2.21. The summed E-state index contributed by atoms with van der Waals surface area (Å²) in [7, 11) is 0. The molecule has 0 saturated carbocycles. The van der Waals surface area contributed by atoms with Crippen LogP contribution in [0.1, 0.15) is 30.5 Å². The van der Waals surface area contributed by atoms with E-state index in [2.05, 4.69) is 25.9 Å². The van der Waals surface area contributed by atoms with Crippen molar-refractivity contribution in [2.24, 2.45) is 11.5 Å². The van der Waals surface area contributed by atoms with E-state index < -0.39 is 48.4 Å². The fourth-order valence-corrected chi connectivity index (χ4v) is 3.33. The van der Waals surface area contributed by atoms with Crippen molar-refractivity contribution in [1.82, 2.24) is 25.9 Å². The molecule has 0 aliphatic heterocycles. The Balaban J connectivity index is 1.94. The largest absolute Gasteiger partial charge is 0.480 e. The molecule has 12 nitrogen and oxygen atoms in total. The van der Waals surface area contributed by atoms with Crippen LogP contribution in [0.4, 0.5) is 0 Å². The van der Waals surface area contributed by atoms with Crippen LogP contribution in [0, 0.1) is 0 Å². The van der Waals surface area contributed by atoms with Gasteiger partial charge in [0.25, 0.3) is 0 Å². The Labute approximate surface area is 203 Å². The van der Waals surface area contributed by atoms with Gasteiger partial charge in [0, 0.05) is 24.7 Å². The van der Waals surface area contributed by atoms with Gasteiger partial charge in [0.05, 0.1) is 18.9 Å². The lowest BCUT2D eigenvalue weighted by atomic mass is 10.1. The number of imidazole rings is 1. The predicted octanol–water partition coefficient (Wildman–Crippen LogP) is -1.18. The van der Waals surface area contributed by atoms with Crippen molar-refractivity contribution < 1.29 is 24.3 Å². The van der Waals surface area contributed by atoms with E-state index in [1.54, 1.807) is 30.3 Å². The molecule has 9 N–H and O–H groups in total. The van der Waals surface area contributed by atoms with Crippen LogP contribution in [-0.2, 0) is 32.0 Å². The number of carbonyl (C=O) groups is 4. The molecule has 3 atom stereocenters. The highest BCUT2D eigenvalue weighted by Gasteiger charge is 2.26. The monoisotopic (exact) mass is 487 g/mol. The number of H-pyrrole nitrogens is 1. The third-order valence-corrected chi connectivity index (χ3v) is 5.26. The van der Waals surface area contributed by atoms with E-state index in [0.717, 1.165) is 12.0 Å².